The highest BCUT2D eigenvalue weighted by Crippen LogP contribution is 2.34. The molecule has 0 amide bonds. The summed E-state index contributed by atoms with van der Waals surface area (Å²) < 4.78 is 7.59. The van der Waals surface area contributed by atoms with Gasteiger partial charge >= 0.3 is 0 Å². The molecular formula is C14H18N4O. The van der Waals surface area contributed by atoms with Gasteiger partial charge in [0.25, 0.3) is 0 Å². The fraction of sp³-hybridized carbons (Fsp3) is 0.357. The van der Waals surface area contributed by atoms with Gasteiger partial charge in [0.1, 0.15) is 5.75 Å². The summed E-state index contributed by atoms with van der Waals surface area (Å²) in [5.41, 5.74) is 8.90. The molecule has 3 N–H and O–H groups in total. The Balaban J connectivity index is 2.17. The number of fused-ring (bicyclic) bond motifs is 1. The molecule has 0 bridgehead atoms. The average molecular weight is 258 g/mol. The van der Waals surface area contributed by atoms with Gasteiger partial charge in [0, 0.05) is 25.2 Å². The molecule has 0 radical (unpaired) electrons. The zero-order valence-corrected chi connectivity index (χ0v) is 11.0. The van der Waals surface area contributed by atoms with Crippen LogP contribution in [-0.4, -0.2) is 23.2 Å². The quantitative estimate of drug-likeness (QED) is 0.881. The minimum Gasteiger partial charge on any atom is -0.496 e. The van der Waals surface area contributed by atoms with E-state index in [1.54, 1.807) is 7.11 Å². The van der Waals surface area contributed by atoms with Crippen molar-refractivity contribution in [2.45, 2.75) is 19.5 Å². The van der Waals surface area contributed by atoms with Crippen molar-refractivity contribution < 1.29 is 4.74 Å². The highest BCUT2D eigenvalue weighted by molar-refractivity contribution is 5.71. The third-order valence-corrected chi connectivity index (χ3v) is 3.47. The standard InChI is InChI=1S/C14H18N4O/c1-19-12-6-3-2-5-10(12)13-11(9-15)18-8-4-7-16-14(18)17-13/h2-3,5-6H,4,7-9,15H2,1H3,(H,16,17). The number of aromatic nitrogens is 2. The third-order valence-electron chi connectivity index (χ3n) is 3.47. The molecule has 5 heteroatoms. The normalized spacial score (nSPS) is 13.8. The van der Waals surface area contributed by atoms with Crippen LogP contribution < -0.4 is 15.8 Å². The lowest BCUT2D eigenvalue weighted by molar-refractivity contribution is 0.416. The van der Waals surface area contributed by atoms with Crippen molar-refractivity contribution in [1.82, 2.24) is 9.55 Å². The Hall–Kier alpha value is -2.01. The van der Waals surface area contributed by atoms with E-state index in [1.807, 2.05) is 24.3 Å². The van der Waals surface area contributed by atoms with Crippen LogP contribution in [0.25, 0.3) is 11.3 Å². The van der Waals surface area contributed by atoms with Crippen LogP contribution in [0.5, 0.6) is 5.75 Å². The molecule has 1 aliphatic heterocycles. The lowest BCUT2D eigenvalue weighted by atomic mass is 10.1. The lowest BCUT2D eigenvalue weighted by Crippen LogP contribution is -2.19. The minimum atomic E-state index is 0.474. The number of ether oxygens (including phenoxy) is 1. The maximum absolute atomic E-state index is 5.92. The van der Waals surface area contributed by atoms with Crippen LogP contribution in [0.3, 0.4) is 0 Å². The Labute approximate surface area is 112 Å². The van der Waals surface area contributed by atoms with E-state index in [0.29, 0.717) is 6.54 Å². The molecule has 0 aliphatic carbocycles. The van der Waals surface area contributed by atoms with Crippen molar-refractivity contribution in [3.63, 3.8) is 0 Å². The first-order valence-corrected chi connectivity index (χ1v) is 6.52. The predicted molar refractivity (Wildman–Crippen MR) is 75.2 cm³/mol. The zero-order valence-electron chi connectivity index (χ0n) is 11.0. The molecule has 0 spiro atoms. The van der Waals surface area contributed by atoms with Crippen molar-refractivity contribution in [3.8, 4) is 17.0 Å². The number of para-hydroxylation sites is 1. The number of rotatable bonds is 3. The maximum atomic E-state index is 5.92. The van der Waals surface area contributed by atoms with Crippen molar-refractivity contribution in [2.24, 2.45) is 5.73 Å². The molecule has 5 nitrogen and oxygen atoms in total. The van der Waals surface area contributed by atoms with E-state index in [2.05, 4.69) is 9.88 Å². The molecule has 100 valence electrons. The van der Waals surface area contributed by atoms with Gasteiger partial charge in [-0.1, -0.05) is 12.1 Å². The van der Waals surface area contributed by atoms with E-state index in [1.165, 1.54) is 0 Å². The highest BCUT2D eigenvalue weighted by Gasteiger charge is 2.21. The molecule has 0 saturated heterocycles. The van der Waals surface area contributed by atoms with E-state index < -0.39 is 0 Å². The molecule has 0 fully saturated rings. The van der Waals surface area contributed by atoms with Crippen LogP contribution >= 0.6 is 0 Å². The van der Waals surface area contributed by atoms with Gasteiger partial charge in [0.15, 0.2) is 0 Å². The minimum absolute atomic E-state index is 0.474. The summed E-state index contributed by atoms with van der Waals surface area (Å²) in [6, 6.07) is 7.91. The van der Waals surface area contributed by atoms with Crippen LogP contribution in [0.1, 0.15) is 12.1 Å². The number of nitrogens with two attached hydrogens (primary N) is 1. The Morgan fingerprint density at radius 1 is 1.42 bits per heavy atom. The number of hydrogen-bond acceptors (Lipinski definition) is 4. The molecular weight excluding hydrogens is 240 g/mol. The molecule has 19 heavy (non-hydrogen) atoms. The summed E-state index contributed by atoms with van der Waals surface area (Å²) in [6.45, 7) is 2.41. The number of hydrogen-bond donors (Lipinski definition) is 2. The lowest BCUT2D eigenvalue weighted by Gasteiger charge is -2.17. The predicted octanol–water partition coefficient (Wildman–Crippen LogP) is 1.83. The highest BCUT2D eigenvalue weighted by atomic mass is 16.5. The van der Waals surface area contributed by atoms with E-state index in [9.17, 15) is 0 Å². The van der Waals surface area contributed by atoms with E-state index in [4.69, 9.17) is 15.5 Å². The number of methoxy groups -OCH3 is 1. The van der Waals surface area contributed by atoms with Gasteiger partial charge in [0.2, 0.25) is 5.95 Å². The Morgan fingerprint density at radius 2 is 2.26 bits per heavy atom. The monoisotopic (exact) mass is 258 g/mol. The van der Waals surface area contributed by atoms with Gasteiger partial charge in [-0.25, -0.2) is 4.98 Å². The van der Waals surface area contributed by atoms with Crippen molar-refractivity contribution >= 4 is 5.95 Å². The number of nitrogens with zero attached hydrogens (tertiary/aromatic N) is 2. The topological polar surface area (TPSA) is 65.1 Å². The first-order valence-electron chi connectivity index (χ1n) is 6.52. The van der Waals surface area contributed by atoms with Crippen LogP contribution in [0.2, 0.25) is 0 Å². The fourth-order valence-electron chi connectivity index (χ4n) is 2.56. The molecule has 1 aromatic carbocycles. The number of benzene rings is 1. The Kier molecular flexibility index (Phi) is 3.13. The van der Waals surface area contributed by atoms with Crippen molar-refractivity contribution in [2.75, 3.05) is 19.0 Å². The van der Waals surface area contributed by atoms with Crippen molar-refractivity contribution in [3.05, 3.63) is 30.0 Å². The molecule has 1 aliphatic rings. The summed E-state index contributed by atoms with van der Waals surface area (Å²) in [5, 5.41) is 3.32. The van der Waals surface area contributed by atoms with Crippen LogP contribution in [0, 0.1) is 0 Å². The summed E-state index contributed by atoms with van der Waals surface area (Å²) in [7, 11) is 1.68. The summed E-state index contributed by atoms with van der Waals surface area (Å²) in [5.74, 6) is 1.74. The second-order valence-corrected chi connectivity index (χ2v) is 4.57. The number of anilines is 1. The smallest absolute Gasteiger partial charge is 0.203 e. The Morgan fingerprint density at radius 3 is 3.05 bits per heavy atom. The molecule has 1 aromatic heterocycles. The second-order valence-electron chi connectivity index (χ2n) is 4.57. The molecule has 2 aromatic rings. The first-order chi connectivity index (χ1) is 9.35. The molecule has 0 unspecified atom stereocenters. The average Bonchev–Trinajstić information content (AvgIpc) is 2.85. The Bertz CT molecular complexity index is 591. The van der Waals surface area contributed by atoms with E-state index >= 15 is 0 Å². The molecule has 2 heterocycles. The summed E-state index contributed by atoms with van der Waals surface area (Å²) >= 11 is 0. The molecule has 0 saturated carbocycles. The van der Waals surface area contributed by atoms with Crippen LogP contribution in [0.4, 0.5) is 5.95 Å². The van der Waals surface area contributed by atoms with Crippen molar-refractivity contribution in [1.29, 1.82) is 0 Å². The summed E-state index contributed by atoms with van der Waals surface area (Å²) in [4.78, 5) is 4.69. The maximum Gasteiger partial charge on any atom is 0.203 e. The van der Waals surface area contributed by atoms with Gasteiger partial charge in [-0.2, -0.15) is 0 Å². The van der Waals surface area contributed by atoms with Gasteiger partial charge < -0.3 is 20.4 Å². The van der Waals surface area contributed by atoms with Crippen LogP contribution in [-0.2, 0) is 13.1 Å². The zero-order chi connectivity index (χ0) is 13.2. The number of nitrogens with one attached hydrogen (secondary N) is 1. The van der Waals surface area contributed by atoms with E-state index in [-0.39, 0.29) is 0 Å². The first kappa shape index (κ1) is 12.0. The van der Waals surface area contributed by atoms with Gasteiger partial charge in [-0.3, -0.25) is 0 Å². The second kappa shape index (κ2) is 4.93. The van der Waals surface area contributed by atoms with Gasteiger partial charge in [-0.05, 0) is 18.6 Å². The van der Waals surface area contributed by atoms with Gasteiger partial charge in [-0.15, -0.1) is 0 Å². The van der Waals surface area contributed by atoms with E-state index in [0.717, 1.165) is 48.2 Å². The number of imidazole rings is 1. The van der Waals surface area contributed by atoms with Crippen LogP contribution in [0.15, 0.2) is 24.3 Å². The van der Waals surface area contributed by atoms with Gasteiger partial charge in [0.05, 0.1) is 18.5 Å². The molecule has 0 atom stereocenters. The summed E-state index contributed by atoms with van der Waals surface area (Å²) in [6.07, 6.45) is 1.10. The third kappa shape index (κ3) is 1.96. The largest absolute Gasteiger partial charge is 0.496 e. The molecule has 3 rings (SSSR count). The SMILES string of the molecule is COc1ccccc1-c1nc2n(c1CN)CCCN2. The fourth-order valence-corrected chi connectivity index (χ4v) is 2.56.